The van der Waals surface area contributed by atoms with Crippen LogP contribution in [0.1, 0.15) is 37.4 Å². The summed E-state index contributed by atoms with van der Waals surface area (Å²) in [6.07, 6.45) is -4.95. The van der Waals surface area contributed by atoms with E-state index in [0.29, 0.717) is 12.6 Å². The van der Waals surface area contributed by atoms with Crippen molar-refractivity contribution in [2.24, 2.45) is 0 Å². The van der Waals surface area contributed by atoms with E-state index >= 15 is 0 Å². The van der Waals surface area contributed by atoms with Gasteiger partial charge in [-0.15, -0.1) is 0 Å². The van der Waals surface area contributed by atoms with Crippen LogP contribution in [0.5, 0.6) is 0 Å². The number of hydrogen-bond donors (Lipinski definition) is 1. The van der Waals surface area contributed by atoms with Crippen LogP contribution in [-0.4, -0.2) is 19.1 Å². The van der Waals surface area contributed by atoms with Crippen molar-refractivity contribution in [2.45, 2.75) is 32.5 Å². The van der Waals surface area contributed by atoms with Crippen LogP contribution in [0.3, 0.4) is 0 Å². The molecule has 1 rings (SSSR count). The molecule has 0 fully saturated rings. The van der Waals surface area contributed by atoms with E-state index < -0.39 is 29.6 Å². The summed E-state index contributed by atoms with van der Waals surface area (Å²) in [5.41, 5.74) is -1.25. The third-order valence-electron chi connectivity index (χ3n) is 2.82. The maximum Gasteiger partial charge on any atom is 0.416 e. The number of esters is 1. The van der Waals surface area contributed by atoms with E-state index in [9.17, 15) is 22.4 Å². The highest BCUT2D eigenvalue weighted by Gasteiger charge is 2.36. The van der Waals surface area contributed by atoms with Gasteiger partial charge in [-0.2, -0.15) is 13.2 Å². The Kier molecular flexibility index (Phi) is 6.14. The Morgan fingerprint density at radius 1 is 1.33 bits per heavy atom. The molecule has 21 heavy (non-hydrogen) atoms. The lowest BCUT2D eigenvalue weighted by atomic mass is 9.97. The smallest absolute Gasteiger partial charge is 0.416 e. The minimum absolute atomic E-state index is 0.146. The molecule has 0 radical (unpaired) electrons. The van der Waals surface area contributed by atoms with Crippen molar-refractivity contribution in [3.63, 3.8) is 0 Å². The van der Waals surface area contributed by atoms with Gasteiger partial charge in [0, 0.05) is 6.04 Å². The Morgan fingerprint density at radius 3 is 2.52 bits per heavy atom. The molecule has 1 aromatic rings. The minimum Gasteiger partial charge on any atom is -0.466 e. The van der Waals surface area contributed by atoms with Crippen LogP contribution < -0.4 is 5.32 Å². The van der Waals surface area contributed by atoms with Crippen molar-refractivity contribution in [1.29, 1.82) is 0 Å². The fraction of sp³-hybridized carbons (Fsp3) is 0.500. The first-order chi connectivity index (χ1) is 9.79. The summed E-state index contributed by atoms with van der Waals surface area (Å²) in [5.74, 6) is -1.58. The molecule has 0 saturated carbocycles. The zero-order valence-electron chi connectivity index (χ0n) is 11.8. The van der Waals surface area contributed by atoms with Crippen molar-refractivity contribution in [3.05, 3.63) is 35.1 Å². The summed E-state index contributed by atoms with van der Waals surface area (Å²) < 4.78 is 56.9. The first-order valence-corrected chi connectivity index (χ1v) is 6.55. The standard InChI is InChI=1S/C14H17F4NO2/c1-3-19-12(8-13(20)21-4-2)10-6-5-9(15)7-11(10)14(16,17)18/h5-7,12,19H,3-4,8H2,1-2H3. The van der Waals surface area contributed by atoms with E-state index in [4.69, 9.17) is 4.74 Å². The second-order valence-corrected chi connectivity index (χ2v) is 4.35. The number of rotatable bonds is 6. The number of halogens is 4. The van der Waals surface area contributed by atoms with Crippen LogP contribution in [0.4, 0.5) is 17.6 Å². The van der Waals surface area contributed by atoms with Crippen molar-refractivity contribution in [1.82, 2.24) is 5.32 Å². The van der Waals surface area contributed by atoms with Gasteiger partial charge in [-0.3, -0.25) is 4.79 Å². The monoisotopic (exact) mass is 307 g/mol. The Morgan fingerprint density at radius 2 is 2.00 bits per heavy atom. The fourth-order valence-electron chi connectivity index (χ4n) is 2.00. The molecule has 0 aliphatic heterocycles. The third-order valence-corrected chi connectivity index (χ3v) is 2.82. The number of hydrogen-bond acceptors (Lipinski definition) is 3. The summed E-state index contributed by atoms with van der Waals surface area (Å²) in [7, 11) is 0. The largest absolute Gasteiger partial charge is 0.466 e. The molecular formula is C14H17F4NO2. The summed E-state index contributed by atoms with van der Waals surface area (Å²) in [5, 5.41) is 2.80. The number of nitrogens with one attached hydrogen (secondary N) is 1. The van der Waals surface area contributed by atoms with Crippen LogP contribution in [0, 0.1) is 5.82 Å². The van der Waals surface area contributed by atoms with Crippen LogP contribution >= 0.6 is 0 Å². The lowest BCUT2D eigenvalue weighted by Gasteiger charge is -2.22. The Labute approximate surface area is 120 Å². The predicted molar refractivity (Wildman–Crippen MR) is 69.1 cm³/mol. The Hall–Kier alpha value is -1.63. The van der Waals surface area contributed by atoms with Gasteiger partial charge in [0.25, 0.3) is 0 Å². The quantitative estimate of drug-likeness (QED) is 0.646. The molecule has 0 aliphatic rings. The SMILES string of the molecule is CCNC(CC(=O)OCC)c1ccc(F)cc1C(F)(F)F. The average molecular weight is 307 g/mol. The maximum atomic E-state index is 13.1. The van der Waals surface area contributed by atoms with Crippen LogP contribution in [0.2, 0.25) is 0 Å². The third kappa shape index (κ3) is 5.00. The van der Waals surface area contributed by atoms with E-state index in [1.165, 1.54) is 0 Å². The van der Waals surface area contributed by atoms with Gasteiger partial charge in [0.05, 0.1) is 18.6 Å². The first-order valence-electron chi connectivity index (χ1n) is 6.55. The predicted octanol–water partition coefficient (Wildman–Crippen LogP) is 3.45. The zero-order chi connectivity index (χ0) is 16.0. The van der Waals surface area contributed by atoms with E-state index in [-0.39, 0.29) is 18.6 Å². The molecular weight excluding hydrogens is 290 g/mol. The second-order valence-electron chi connectivity index (χ2n) is 4.35. The number of carbonyl (C=O) groups is 1. The molecule has 1 aromatic carbocycles. The molecule has 1 N–H and O–H groups in total. The number of benzene rings is 1. The Bertz CT molecular complexity index is 488. The average Bonchev–Trinajstić information content (AvgIpc) is 2.37. The highest BCUT2D eigenvalue weighted by Crippen LogP contribution is 2.36. The first kappa shape index (κ1) is 17.4. The highest BCUT2D eigenvalue weighted by atomic mass is 19.4. The molecule has 118 valence electrons. The number of alkyl halides is 3. The van der Waals surface area contributed by atoms with E-state index in [2.05, 4.69) is 5.32 Å². The minimum atomic E-state index is -4.69. The number of ether oxygens (including phenoxy) is 1. The van der Waals surface area contributed by atoms with Gasteiger partial charge < -0.3 is 10.1 Å². The summed E-state index contributed by atoms with van der Waals surface area (Å²) >= 11 is 0. The molecule has 3 nitrogen and oxygen atoms in total. The molecule has 0 aromatic heterocycles. The molecule has 0 spiro atoms. The molecule has 0 amide bonds. The lowest BCUT2D eigenvalue weighted by Crippen LogP contribution is -2.27. The molecule has 1 atom stereocenters. The van der Waals surface area contributed by atoms with E-state index in [0.717, 1.165) is 12.1 Å². The van der Waals surface area contributed by atoms with Gasteiger partial charge in [-0.1, -0.05) is 13.0 Å². The molecule has 7 heteroatoms. The molecule has 0 saturated heterocycles. The van der Waals surface area contributed by atoms with Crippen molar-refractivity contribution < 1.29 is 27.1 Å². The molecule has 0 bridgehead atoms. The van der Waals surface area contributed by atoms with Crippen molar-refractivity contribution in [3.8, 4) is 0 Å². The van der Waals surface area contributed by atoms with Gasteiger partial charge in [-0.25, -0.2) is 4.39 Å². The summed E-state index contributed by atoms with van der Waals surface area (Å²) in [4.78, 5) is 11.5. The topological polar surface area (TPSA) is 38.3 Å². The van der Waals surface area contributed by atoms with E-state index in [1.807, 2.05) is 0 Å². The van der Waals surface area contributed by atoms with Gasteiger partial charge in [0.1, 0.15) is 5.82 Å². The van der Waals surface area contributed by atoms with Gasteiger partial charge in [-0.05, 0) is 31.2 Å². The van der Waals surface area contributed by atoms with Gasteiger partial charge >= 0.3 is 12.1 Å². The normalized spacial score (nSPS) is 13.0. The van der Waals surface area contributed by atoms with Crippen LogP contribution in [-0.2, 0) is 15.7 Å². The van der Waals surface area contributed by atoms with E-state index in [1.54, 1.807) is 13.8 Å². The maximum absolute atomic E-state index is 13.1. The molecule has 0 aliphatic carbocycles. The lowest BCUT2D eigenvalue weighted by molar-refractivity contribution is -0.145. The Balaban J connectivity index is 3.15. The number of carbonyl (C=O) groups excluding carboxylic acids is 1. The second kappa shape index (κ2) is 7.40. The van der Waals surface area contributed by atoms with Gasteiger partial charge in [0.2, 0.25) is 0 Å². The highest BCUT2D eigenvalue weighted by molar-refractivity contribution is 5.70. The molecule has 0 heterocycles. The van der Waals surface area contributed by atoms with Crippen molar-refractivity contribution in [2.75, 3.05) is 13.2 Å². The zero-order valence-corrected chi connectivity index (χ0v) is 11.8. The summed E-state index contributed by atoms with van der Waals surface area (Å²) in [6.45, 7) is 3.82. The van der Waals surface area contributed by atoms with Crippen LogP contribution in [0.25, 0.3) is 0 Å². The van der Waals surface area contributed by atoms with Gasteiger partial charge in [0.15, 0.2) is 0 Å². The van der Waals surface area contributed by atoms with Crippen molar-refractivity contribution >= 4 is 5.97 Å². The fourth-order valence-corrected chi connectivity index (χ4v) is 2.00. The van der Waals surface area contributed by atoms with Crippen LogP contribution in [0.15, 0.2) is 18.2 Å². The molecule has 1 unspecified atom stereocenters. The summed E-state index contributed by atoms with van der Waals surface area (Å²) in [6, 6.07) is 1.54.